The first kappa shape index (κ1) is 10.8. The highest BCUT2D eigenvalue weighted by atomic mass is 16.5. The van der Waals surface area contributed by atoms with E-state index in [2.05, 4.69) is 42.3 Å². The fourth-order valence-electron chi connectivity index (χ4n) is 1.83. The van der Waals surface area contributed by atoms with Crippen LogP contribution in [0.4, 0.5) is 0 Å². The lowest BCUT2D eigenvalue weighted by Crippen LogP contribution is -2.19. The number of hydrogen-bond acceptors (Lipinski definition) is 2. The Morgan fingerprint density at radius 1 is 1.25 bits per heavy atom. The molecule has 0 N–H and O–H groups in total. The summed E-state index contributed by atoms with van der Waals surface area (Å²) in [6, 6.07) is 8.23. The van der Waals surface area contributed by atoms with Gasteiger partial charge in [0, 0.05) is 19.3 Å². The second-order valence-electron chi connectivity index (χ2n) is 4.05. The van der Waals surface area contributed by atoms with Crippen molar-refractivity contribution in [3.05, 3.63) is 53.8 Å². The molecular weight excluding hydrogens is 198 g/mol. The van der Waals surface area contributed by atoms with Gasteiger partial charge in [0.05, 0.1) is 7.11 Å². The maximum Gasteiger partial charge on any atom is 0.118 e. The molecule has 0 fully saturated rings. The van der Waals surface area contributed by atoms with Crippen molar-refractivity contribution >= 4 is 0 Å². The van der Waals surface area contributed by atoms with Gasteiger partial charge in [-0.15, -0.1) is 0 Å². The minimum Gasteiger partial charge on any atom is -0.497 e. The Balaban J connectivity index is 2.01. The average molecular weight is 215 g/mol. The number of benzene rings is 1. The third kappa shape index (κ3) is 2.66. The Labute approximate surface area is 96.8 Å². The van der Waals surface area contributed by atoms with E-state index >= 15 is 0 Å². The number of nitrogens with zero attached hydrogens (tertiary/aromatic N) is 1. The summed E-state index contributed by atoms with van der Waals surface area (Å²) in [6.07, 6.45) is 6.55. The van der Waals surface area contributed by atoms with Gasteiger partial charge in [-0.2, -0.15) is 0 Å². The van der Waals surface area contributed by atoms with Gasteiger partial charge in [-0.3, -0.25) is 0 Å². The van der Waals surface area contributed by atoms with Gasteiger partial charge >= 0.3 is 0 Å². The van der Waals surface area contributed by atoms with Crippen LogP contribution in [0.15, 0.2) is 48.2 Å². The molecule has 1 aromatic carbocycles. The quantitative estimate of drug-likeness (QED) is 0.768. The summed E-state index contributed by atoms with van der Waals surface area (Å²) in [4.78, 5) is 2.30. The van der Waals surface area contributed by atoms with Gasteiger partial charge in [-0.1, -0.05) is 24.3 Å². The zero-order valence-corrected chi connectivity index (χ0v) is 9.81. The third-order valence-corrected chi connectivity index (χ3v) is 2.65. The average Bonchev–Trinajstić information content (AvgIpc) is 2.30. The molecule has 0 aliphatic carbocycles. The van der Waals surface area contributed by atoms with Crippen molar-refractivity contribution in [2.24, 2.45) is 0 Å². The van der Waals surface area contributed by atoms with Gasteiger partial charge in [-0.25, -0.2) is 0 Å². The van der Waals surface area contributed by atoms with Crippen LogP contribution in [-0.2, 0) is 6.54 Å². The summed E-state index contributed by atoms with van der Waals surface area (Å²) >= 11 is 0. The van der Waals surface area contributed by atoms with Crippen molar-refractivity contribution in [2.75, 3.05) is 13.7 Å². The van der Waals surface area contributed by atoms with Crippen molar-refractivity contribution in [3.8, 4) is 5.75 Å². The molecule has 1 heterocycles. The monoisotopic (exact) mass is 215 g/mol. The molecule has 0 radical (unpaired) electrons. The molecule has 0 unspecified atom stereocenters. The highest BCUT2D eigenvalue weighted by molar-refractivity contribution is 5.28. The topological polar surface area (TPSA) is 12.5 Å². The molecule has 1 aliphatic heterocycles. The molecule has 0 atom stereocenters. The largest absolute Gasteiger partial charge is 0.497 e. The van der Waals surface area contributed by atoms with Crippen LogP contribution in [0.3, 0.4) is 0 Å². The van der Waals surface area contributed by atoms with E-state index in [0.717, 1.165) is 18.8 Å². The van der Waals surface area contributed by atoms with E-state index in [0.29, 0.717) is 0 Å². The lowest BCUT2D eigenvalue weighted by atomic mass is 10.1. The number of rotatable bonds is 3. The van der Waals surface area contributed by atoms with E-state index < -0.39 is 0 Å². The minimum atomic E-state index is 0.911. The molecule has 0 aromatic heterocycles. The van der Waals surface area contributed by atoms with Crippen molar-refractivity contribution in [3.63, 3.8) is 0 Å². The Morgan fingerprint density at radius 2 is 2.00 bits per heavy atom. The normalized spacial score (nSPS) is 14.9. The summed E-state index contributed by atoms with van der Waals surface area (Å²) < 4.78 is 5.14. The van der Waals surface area contributed by atoms with E-state index in [1.54, 1.807) is 7.11 Å². The fraction of sp³-hybridized carbons (Fsp3) is 0.286. The highest BCUT2D eigenvalue weighted by Gasteiger charge is 2.03. The summed E-state index contributed by atoms with van der Waals surface area (Å²) in [5.74, 6) is 0.911. The van der Waals surface area contributed by atoms with Crippen LogP contribution in [0.2, 0.25) is 0 Å². The molecular formula is C14H17NO. The van der Waals surface area contributed by atoms with Crippen molar-refractivity contribution in [1.29, 1.82) is 0 Å². The van der Waals surface area contributed by atoms with Crippen LogP contribution in [0.1, 0.15) is 12.5 Å². The molecule has 0 spiro atoms. The van der Waals surface area contributed by atoms with E-state index in [4.69, 9.17) is 4.74 Å². The van der Waals surface area contributed by atoms with Gasteiger partial charge in [0.2, 0.25) is 0 Å². The Bertz CT molecular complexity index is 403. The maximum absolute atomic E-state index is 5.14. The molecule has 2 heteroatoms. The van der Waals surface area contributed by atoms with Crippen LogP contribution in [-0.4, -0.2) is 18.6 Å². The first-order valence-electron chi connectivity index (χ1n) is 5.50. The molecule has 84 valence electrons. The van der Waals surface area contributed by atoms with Crippen LogP contribution in [0.25, 0.3) is 0 Å². The van der Waals surface area contributed by atoms with Crippen molar-refractivity contribution in [1.82, 2.24) is 4.90 Å². The predicted octanol–water partition coefficient (Wildman–Crippen LogP) is 2.97. The minimum absolute atomic E-state index is 0.911. The van der Waals surface area contributed by atoms with Gasteiger partial charge < -0.3 is 9.64 Å². The van der Waals surface area contributed by atoms with Gasteiger partial charge in [0.15, 0.2) is 0 Å². The molecule has 16 heavy (non-hydrogen) atoms. The molecule has 1 aromatic rings. The Morgan fingerprint density at radius 3 is 2.62 bits per heavy atom. The van der Waals surface area contributed by atoms with E-state index in [9.17, 15) is 0 Å². The number of methoxy groups -OCH3 is 1. The van der Waals surface area contributed by atoms with Crippen molar-refractivity contribution in [2.45, 2.75) is 13.5 Å². The molecule has 0 saturated heterocycles. The number of hydrogen-bond donors (Lipinski definition) is 0. The highest BCUT2D eigenvalue weighted by Crippen LogP contribution is 2.15. The van der Waals surface area contributed by atoms with E-state index in [1.165, 1.54) is 11.1 Å². The van der Waals surface area contributed by atoms with Crippen LogP contribution < -0.4 is 4.74 Å². The number of allylic oxidation sites excluding steroid dienone is 2. The fourth-order valence-corrected chi connectivity index (χ4v) is 1.83. The zero-order chi connectivity index (χ0) is 11.4. The summed E-state index contributed by atoms with van der Waals surface area (Å²) in [5.41, 5.74) is 2.61. The van der Waals surface area contributed by atoms with E-state index in [1.807, 2.05) is 12.1 Å². The van der Waals surface area contributed by atoms with Gasteiger partial charge in [0.1, 0.15) is 5.75 Å². The lowest BCUT2D eigenvalue weighted by molar-refractivity contribution is 0.399. The summed E-state index contributed by atoms with van der Waals surface area (Å²) in [5, 5.41) is 0. The molecule has 0 bridgehead atoms. The first-order chi connectivity index (χ1) is 7.78. The molecule has 0 saturated carbocycles. The van der Waals surface area contributed by atoms with Gasteiger partial charge in [0.25, 0.3) is 0 Å². The second-order valence-corrected chi connectivity index (χ2v) is 4.05. The Kier molecular flexibility index (Phi) is 3.30. The standard InChI is InChI=1S/C14H17NO/c1-12-4-3-9-15(10-12)11-13-5-7-14(16-2)8-6-13/h3-8,10H,9,11H2,1-2H3. The predicted molar refractivity (Wildman–Crippen MR) is 66.3 cm³/mol. The zero-order valence-electron chi connectivity index (χ0n) is 9.81. The second kappa shape index (κ2) is 4.88. The smallest absolute Gasteiger partial charge is 0.118 e. The molecule has 0 amide bonds. The maximum atomic E-state index is 5.14. The third-order valence-electron chi connectivity index (χ3n) is 2.65. The summed E-state index contributed by atoms with van der Waals surface area (Å²) in [7, 11) is 1.69. The molecule has 2 rings (SSSR count). The van der Waals surface area contributed by atoms with Crippen molar-refractivity contribution < 1.29 is 4.74 Å². The Hall–Kier alpha value is -1.70. The SMILES string of the molecule is COc1ccc(CN2C=C(C)C=CC2)cc1. The summed E-state index contributed by atoms with van der Waals surface area (Å²) in [6.45, 7) is 4.06. The van der Waals surface area contributed by atoms with E-state index in [-0.39, 0.29) is 0 Å². The molecule has 1 aliphatic rings. The van der Waals surface area contributed by atoms with Crippen LogP contribution in [0.5, 0.6) is 5.75 Å². The van der Waals surface area contributed by atoms with Gasteiger partial charge in [-0.05, 0) is 30.2 Å². The van der Waals surface area contributed by atoms with Crippen LogP contribution in [0, 0.1) is 0 Å². The lowest BCUT2D eigenvalue weighted by Gasteiger charge is -2.22. The number of ether oxygens (including phenoxy) is 1. The molecule has 2 nitrogen and oxygen atoms in total. The first-order valence-corrected chi connectivity index (χ1v) is 5.50. The van der Waals surface area contributed by atoms with Crippen LogP contribution >= 0.6 is 0 Å².